The van der Waals surface area contributed by atoms with Crippen molar-refractivity contribution in [2.45, 2.75) is 52.2 Å². The molecule has 0 spiro atoms. The Morgan fingerprint density at radius 1 is 1.16 bits per heavy atom. The van der Waals surface area contributed by atoms with Crippen molar-refractivity contribution < 1.29 is 23.8 Å². The molecule has 10 nitrogen and oxygen atoms in total. The molecule has 3 atom stereocenters. The van der Waals surface area contributed by atoms with Gasteiger partial charge in [-0.2, -0.15) is 0 Å². The molecule has 168 valence electrons. The number of ether oxygens (including phenoxy) is 3. The Bertz CT molecular complexity index is 1110. The third-order valence-electron chi connectivity index (χ3n) is 5.20. The fraction of sp³-hybridized carbons (Fsp3) is 0.409. The molecule has 2 aromatic heterocycles. The highest BCUT2D eigenvalue weighted by Gasteiger charge is 2.40. The third-order valence-corrected chi connectivity index (χ3v) is 5.20. The maximum atomic E-state index is 11.5. The van der Waals surface area contributed by atoms with Crippen LogP contribution >= 0.6 is 0 Å². The van der Waals surface area contributed by atoms with E-state index in [1.165, 1.54) is 25.7 Å². The zero-order chi connectivity index (χ0) is 22.7. The summed E-state index contributed by atoms with van der Waals surface area (Å²) in [5.74, 6) is -0.239. The molecule has 1 N–H and O–H groups in total. The molecule has 4 rings (SSSR count). The molecule has 0 bridgehead atoms. The number of fused-ring (bicyclic) bond motifs is 1. The lowest BCUT2D eigenvalue weighted by Crippen LogP contribution is -2.31. The van der Waals surface area contributed by atoms with Gasteiger partial charge in [0, 0.05) is 26.8 Å². The van der Waals surface area contributed by atoms with E-state index >= 15 is 0 Å². The second-order valence-corrected chi connectivity index (χ2v) is 7.70. The van der Waals surface area contributed by atoms with Gasteiger partial charge in [-0.15, -0.1) is 0 Å². The zero-order valence-electron chi connectivity index (χ0n) is 18.1. The summed E-state index contributed by atoms with van der Waals surface area (Å²) in [6, 6.07) is 8.24. The predicted molar refractivity (Wildman–Crippen MR) is 115 cm³/mol. The highest BCUT2D eigenvalue weighted by atomic mass is 16.6. The summed E-state index contributed by atoms with van der Waals surface area (Å²) in [4.78, 5) is 35.9. The Morgan fingerprint density at radius 2 is 1.94 bits per heavy atom. The van der Waals surface area contributed by atoms with Crippen LogP contribution in [0.25, 0.3) is 11.2 Å². The number of hydrogen-bond acceptors (Lipinski definition) is 9. The standard InChI is InChI=1S/C22H25N5O5/c1-13-4-6-16(7-5-13)9-23-21-20-22(25-11-24-21)27(12-26-20)19-8-17(31-15(3)29)18(32-19)10-30-14(2)28/h4-7,11-12,17-19H,8-10H2,1-3H3,(H,23,24,25)/t17?,18-,19?/m1/s1. The predicted octanol–water partition coefficient (Wildman–Crippen LogP) is 2.53. The molecular weight excluding hydrogens is 414 g/mol. The quantitative estimate of drug-likeness (QED) is 0.554. The molecule has 0 amide bonds. The minimum Gasteiger partial charge on any atom is -0.463 e. The van der Waals surface area contributed by atoms with Crippen LogP contribution in [0.15, 0.2) is 36.9 Å². The monoisotopic (exact) mass is 439 g/mol. The summed E-state index contributed by atoms with van der Waals surface area (Å²) in [5.41, 5.74) is 3.52. The van der Waals surface area contributed by atoms with Gasteiger partial charge < -0.3 is 19.5 Å². The molecule has 3 aromatic rings. The van der Waals surface area contributed by atoms with Gasteiger partial charge in [-0.25, -0.2) is 15.0 Å². The average molecular weight is 439 g/mol. The molecule has 1 aliphatic rings. The average Bonchev–Trinajstić information content (AvgIpc) is 3.35. The van der Waals surface area contributed by atoms with Crippen molar-refractivity contribution in [3.63, 3.8) is 0 Å². The first-order chi connectivity index (χ1) is 15.4. The Morgan fingerprint density at radius 3 is 2.66 bits per heavy atom. The number of aryl methyl sites for hydroxylation is 1. The lowest BCUT2D eigenvalue weighted by atomic mass is 10.1. The number of carbonyl (C=O) groups is 2. The smallest absolute Gasteiger partial charge is 0.303 e. The summed E-state index contributed by atoms with van der Waals surface area (Å²) in [6.07, 6.45) is 1.87. The highest BCUT2D eigenvalue weighted by Crippen LogP contribution is 2.33. The van der Waals surface area contributed by atoms with Gasteiger partial charge in [0.15, 0.2) is 17.0 Å². The van der Waals surface area contributed by atoms with Crippen molar-refractivity contribution in [3.8, 4) is 0 Å². The molecule has 32 heavy (non-hydrogen) atoms. The van der Waals surface area contributed by atoms with Gasteiger partial charge >= 0.3 is 11.9 Å². The first-order valence-corrected chi connectivity index (χ1v) is 10.3. The molecule has 10 heteroatoms. The van der Waals surface area contributed by atoms with Crippen LogP contribution in [0, 0.1) is 6.92 Å². The van der Waals surface area contributed by atoms with Crippen LogP contribution in [0.1, 0.15) is 37.6 Å². The van der Waals surface area contributed by atoms with E-state index in [0.717, 1.165) is 5.56 Å². The van der Waals surface area contributed by atoms with E-state index in [0.29, 0.717) is 29.9 Å². The molecule has 1 saturated heterocycles. The summed E-state index contributed by atoms with van der Waals surface area (Å²) < 4.78 is 18.3. The lowest BCUT2D eigenvalue weighted by molar-refractivity contribution is -0.155. The summed E-state index contributed by atoms with van der Waals surface area (Å²) >= 11 is 0. The normalized spacial score (nSPS) is 20.3. The Labute approximate surface area is 184 Å². The maximum Gasteiger partial charge on any atom is 0.303 e. The van der Waals surface area contributed by atoms with Crippen LogP contribution in [0.5, 0.6) is 0 Å². The number of aromatic nitrogens is 4. The minimum atomic E-state index is -0.578. The van der Waals surface area contributed by atoms with Gasteiger partial charge in [-0.3, -0.25) is 14.2 Å². The molecule has 0 radical (unpaired) electrons. The fourth-order valence-corrected chi connectivity index (χ4v) is 3.64. The molecule has 0 saturated carbocycles. The van der Waals surface area contributed by atoms with Gasteiger partial charge in [0.05, 0.1) is 6.33 Å². The van der Waals surface area contributed by atoms with Crippen LogP contribution < -0.4 is 5.32 Å². The largest absolute Gasteiger partial charge is 0.463 e. The molecule has 2 unspecified atom stereocenters. The number of carbonyl (C=O) groups excluding carboxylic acids is 2. The van der Waals surface area contributed by atoms with Crippen molar-refractivity contribution in [3.05, 3.63) is 48.0 Å². The van der Waals surface area contributed by atoms with Gasteiger partial charge in [-0.1, -0.05) is 29.8 Å². The van der Waals surface area contributed by atoms with E-state index in [-0.39, 0.29) is 6.61 Å². The summed E-state index contributed by atoms with van der Waals surface area (Å²) in [5, 5.41) is 3.31. The molecule has 1 fully saturated rings. The van der Waals surface area contributed by atoms with Crippen molar-refractivity contribution in [2.24, 2.45) is 0 Å². The van der Waals surface area contributed by atoms with E-state index < -0.39 is 30.4 Å². The number of rotatable bonds is 7. The molecule has 1 aromatic carbocycles. The number of esters is 2. The number of hydrogen-bond donors (Lipinski definition) is 1. The fourth-order valence-electron chi connectivity index (χ4n) is 3.64. The second-order valence-electron chi connectivity index (χ2n) is 7.70. The topological polar surface area (TPSA) is 117 Å². The SMILES string of the molecule is CC(=O)OC[C@H]1OC(n2cnc3c(NCc4ccc(C)cc4)ncnc32)CC1OC(C)=O. The van der Waals surface area contributed by atoms with Crippen molar-refractivity contribution in [2.75, 3.05) is 11.9 Å². The van der Waals surface area contributed by atoms with Crippen molar-refractivity contribution in [1.29, 1.82) is 0 Å². The summed E-state index contributed by atoms with van der Waals surface area (Å²) in [6.45, 7) is 5.29. The van der Waals surface area contributed by atoms with Crippen molar-refractivity contribution in [1.82, 2.24) is 19.5 Å². The van der Waals surface area contributed by atoms with E-state index in [2.05, 4.69) is 44.5 Å². The summed E-state index contributed by atoms with van der Waals surface area (Å²) in [7, 11) is 0. The van der Waals surface area contributed by atoms with Gasteiger partial charge in [0.2, 0.25) is 0 Å². The first kappa shape index (κ1) is 21.7. The second kappa shape index (κ2) is 9.31. The van der Waals surface area contributed by atoms with Crippen LogP contribution in [-0.2, 0) is 30.3 Å². The highest BCUT2D eigenvalue weighted by molar-refractivity contribution is 5.82. The molecule has 3 heterocycles. The van der Waals surface area contributed by atoms with Crippen LogP contribution in [0.2, 0.25) is 0 Å². The number of imidazole rings is 1. The molecular formula is C22H25N5O5. The van der Waals surface area contributed by atoms with E-state index in [1.807, 2.05) is 6.92 Å². The van der Waals surface area contributed by atoms with Crippen LogP contribution in [0.3, 0.4) is 0 Å². The number of benzene rings is 1. The lowest BCUT2D eigenvalue weighted by Gasteiger charge is -2.17. The molecule has 1 aliphatic heterocycles. The Hall–Kier alpha value is -3.53. The number of nitrogens with zero attached hydrogens (tertiary/aromatic N) is 4. The molecule has 0 aliphatic carbocycles. The number of nitrogens with one attached hydrogen (secondary N) is 1. The Kier molecular flexibility index (Phi) is 6.31. The van der Waals surface area contributed by atoms with E-state index in [1.54, 1.807) is 10.9 Å². The minimum absolute atomic E-state index is 0.00521. The maximum absolute atomic E-state index is 11.5. The Balaban J connectivity index is 1.53. The van der Waals surface area contributed by atoms with Crippen LogP contribution in [0.4, 0.5) is 5.82 Å². The van der Waals surface area contributed by atoms with Gasteiger partial charge in [0.1, 0.15) is 31.4 Å². The van der Waals surface area contributed by atoms with Crippen LogP contribution in [-0.4, -0.2) is 50.3 Å². The third kappa shape index (κ3) is 4.86. The van der Waals surface area contributed by atoms with E-state index in [9.17, 15) is 9.59 Å². The van der Waals surface area contributed by atoms with Gasteiger partial charge in [-0.05, 0) is 12.5 Å². The zero-order valence-corrected chi connectivity index (χ0v) is 18.1. The first-order valence-electron chi connectivity index (χ1n) is 10.3. The number of anilines is 1. The van der Waals surface area contributed by atoms with Gasteiger partial charge in [0.25, 0.3) is 0 Å². The van der Waals surface area contributed by atoms with Crippen molar-refractivity contribution >= 4 is 28.9 Å². The van der Waals surface area contributed by atoms with E-state index in [4.69, 9.17) is 14.2 Å².